The number of carbonyl (C=O) groups is 3. The van der Waals surface area contributed by atoms with Crippen LogP contribution in [0.1, 0.15) is 109 Å². The zero-order chi connectivity index (χ0) is 35.8. The van der Waals surface area contributed by atoms with E-state index < -0.39 is 52.2 Å². The first-order chi connectivity index (χ1) is 22.9. The van der Waals surface area contributed by atoms with E-state index >= 15 is 4.79 Å². The van der Waals surface area contributed by atoms with E-state index in [1.54, 1.807) is 0 Å². The molecular weight excluding hydrogens is 624 g/mol. The van der Waals surface area contributed by atoms with Crippen LogP contribution in [0.15, 0.2) is 41.0 Å². The number of Topliss-reactive ketones (excluding diaryl/α,β-unsaturated/α-hetero) is 2. The monoisotopic (exact) mass is 674 g/mol. The number of fused-ring (bicyclic) bond motifs is 2. The standard InChI is InChI=1S/C40H50O9/c1-10-46-34-26-20-27-37(7,8)49-39(35(26)43,19-15-23(6)36(44)45)40(27)29(34)31(42)28-30(41)24-16-18-38(9,17-11-12-21(2)3)47-32(24)25(33(28)48-40)14-13-22(4)5/h12-13,15-16,18,26-27,29,34,41H,10-11,14,17,19-20H2,1-9H3,(H,44,45)/b23-15-/t26-,27?,29?,34+,38?,39+,40-/m1/s1. The third-order valence-electron chi connectivity index (χ3n) is 11.4. The first-order valence-electron chi connectivity index (χ1n) is 17.5. The molecule has 7 rings (SSSR count). The van der Waals surface area contributed by atoms with E-state index in [4.69, 9.17) is 18.9 Å². The Morgan fingerprint density at radius 2 is 1.71 bits per heavy atom. The number of phenols is 1. The molecule has 1 saturated heterocycles. The molecule has 9 heteroatoms. The van der Waals surface area contributed by atoms with Crippen LogP contribution in [-0.4, -0.2) is 62.9 Å². The van der Waals surface area contributed by atoms with E-state index in [1.165, 1.54) is 18.6 Å². The Hall–Kier alpha value is -3.69. The summed E-state index contributed by atoms with van der Waals surface area (Å²) in [5.74, 6) is -3.36. The van der Waals surface area contributed by atoms with Gasteiger partial charge in [-0.3, -0.25) is 9.59 Å². The summed E-state index contributed by atoms with van der Waals surface area (Å²) in [7, 11) is 0. The maximum atomic E-state index is 15.2. The molecule has 0 aromatic heterocycles. The number of rotatable bonds is 10. The summed E-state index contributed by atoms with van der Waals surface area (Å²) in [5.41, 5.74) is -1.37. The van der Waals surface area contributed by atoms with Crippen molar-refractivity contribution in [1.29, 1.82) is 0 Å². The average molecular weight is 675 g/mol. The molecule has 1 aromatic rings. The van der Waals surface area contributed by atoms with E-state index in [2.05, 4.69) is 19.9 Å². The topological polar surface area (TPSA) is 129 Å². The van der Waals surface area contributed by atoms with Gasteiger partial charge in [0.2, 0.25) is 0 Å². The van der Waals surface area contributed by atoms with Gasteiger partial charge in [0.1, 0.15) is 28.4 Å². The van der Waals surface area contributed by atoms with Gasteiger partial charge in [-0.2, -0.15) is 0 Å². The Kier molecular flexibility index (Phi) is 8.59. The fourth-order valence-corrected chi connectivity index (χ4v) is 9.14. The molecule has 3 aliphatic heterocycles. The molecule has 6 aliphatic rings. The predicted octanol–water partition coefficient (Wildman–Crippen LogP) is 7.33. The number of hydrogen-bond acceptors (Lipinski definition) is 8. The first kappa shape index (κ1) is 35.1. The summed E-state index contributed by atoms with van der Waals surface area (Å²) in [6.45, 7) is 17.5. The van der Waals surface area contributed by atoms with Crippen molar-refractivity contribution in [2.24, 2.45) is 17.8 Å². The molecule has 0 amide bonds. The van der Waals surface area contributed by atoms with Crippen molar-refractivity contribution in [3.63, 3.8) is 0 Å². The van der Waals surface area contributed by atoms with Crippen LogP contribution in [0.5, 0.6) is 17.2 Å². The van der Waals surface area contributed by atoms with Crippen molar-refractivity contribution in [3.8, 4) is 17.2 Å². The minimum atomic E-state index is -1.66. The third kappa shape index (κ3) is 5.13. The predicted molar refractivity (Wildman–Crippen MR) is 185 cm³/mol. The van der Waals surface area contributed by atoms with Crippen molar-refractivity contribution in [1.82, 2.24) is 0 Å². The summed E-state index contributed by atoms with van der Waals surface area (Å²) < 4.78 is 27.2. The summed E-state index contributed by atoms with van der Waals surface area (Å²) in [6.07, 6.45) is 10.8. The van der Waals surface area contributed by atoms with Gasteiger partial charge in [0.25, 0.3) is 0 Å². The van der Waals surface area contributed by atoms with Gasteiger partial charge in [-0.15, -0.1) is 0 Å². The van der Waals surface area contributed by atoms with Crippen LogP contribution in [0, 0.1) is 17.8 Å². The average Bonchev–Trinajstić information content (AvgIpc) is 3.15. The summed E-state index contributed by atoms with van der Waals surface area (Å²) >= 11 is 0. The molecule has 4 bridgehead atoms. The number of hydrogen-bond donors (Lipinski definition) is 2. The zero-order valence-corrected chi connectivity index (χ0v) is 30.2. The molecule has 7 atom stereocenters. The number of phenolic OH excluding ortho intramolecular Hbond substituents is 1. The second-order valence-corrected chi connectivity index (χ2v) is 15.7. The van der Waals surface area contributed by atoms with Gasteiger partial charge in [0.15, 0.2) is 22.8 Å². The van der Waals surface area contributed by atoms with E-state index in [0.717, 1.165) is 12.0 Å². The number of carboxylic acid groups (broad SMARTS) is 1. The number of allylic oxidation sites excluding steroid dienone is 4. The van der Waals surface area contributed by atoms with Gasteiger partial charge >= 0.3 is 5.97 Å². The number of ketones is 2. The van der Waals surface area contributed by atoms with Crippen LogP contribution >= 0.6 is 0 Å². The van der Waals surface area contributed by atoms with Crippen molar-refractivity contribution >= 4 is 23.6 Å². The lowest BCUT2D eigenvalue weighted by Crippen LogP contribution is -2.80. The van der Waals surface area contributed by atoms with Gasteiger partial charge < -0.3 is 29.2 Å². The molecule has 2 N–H and O–H groups in total. The highest BCUT2D eigenvalue weighted by atomic mass is 16.6. The van der Waals surface area contributed by atoms with Crippen LogP contribution in [0.3, 0.4) is 0 Å². The number of carbonyl (C=O) groups excluding carboxylic acids is 2. The Morgan fingerprint density at radius 3 is 2.35 bits per heavy atom. The Bertz CT molecular complexity index is 1740. The van der Waals surface area contributed by atoms with Crippen LogP contribution in [0.4, 0.5) is 0 Å². The highest BCUT2D eigenvalue weighted by Gasteiger charge is 2.85. The molecular formula is C40H50O9. The van der Waals surface area contributed by atoms with Crippen LogP contribution in [0.25, 0.3) is 6.08 Å². The maximum Gasteiger partial charge on any atom is 0.330 e. The quantitative estimate of drug-likeness (QED) is 0.194. The molecule has 1 spiro atoms. The van der Waals surface area contributed by atoms with Crippen LogP contribution in [0.2, 0.25) is 0 Å². The van der Waals surface area contributed by atoms with E-state index in [9.17, 15) is 19.8 Å². The molecule has 3 unspecified atom stereocenters. The fraction of sp³-hybridized carbons (Fsp3) is 0.575. The molecule has 49 heavy (non-hydrogen) atoms. The number of ether oxygens (including phenoxy) is 4. The lowest BCUT2D eigenvalue weighted by molar-refractivity contribution is -0.226. The normalized spacial score (nSPS) is 33.2. The SMILES string of the molecule is CCO[C@@H]1C2C(=O)c3c(O)c4c(c(CC=C(C)C)c3O[C@]23C2C[C@H]1C(=O)[C@]3(C/C=C(/C)C(=O)O)OC2(C)C)OC(C)(CCC=C(C)C)C=C4. The lowest BCUT2D eigenvalue weighted by atomic mass is 9.45. The highest BCUT2D eigenvalue weighted by molar-refractivity contribution is 6.10. The van der Waals surface area contributed by atoms with E-state index in [-0.39, 0.29) is 47.2 Å². The third-order valence-corrected chi connectivity index (χ3v) is 11.4. The second kappa shape index (κ2) is 12.0. The van der Waals surface area contributed by atoms with Gasteiger partial charge in [0, 0.05) is 36.0 Å². The summed E-state index contributed by atoms with van der Waals surface area (Å²) in [4.78, 5) is 41.9. The smallest absolute Gasteiger partial charge is 0.330 e. The van der Waals surface area contributed by atoms with Gasteiger partial charge in [-0.1, -0.05) is 29.4 Å². The molecule has 4 fully saturated rings. The van der Waals surface area contributed by atoms with Crippen molar-refractivity contribution in [3.05, 3.63) is 57.7 Å². The Labute approximate surface area is 289 Å². The number of carboxylic acids is 1. The van der Waals surface area contributed by atoms with Crippen molar-refractivity contribution < 1.29 is 43.5 Å². The van der Waals surface area contributed by atoms with Gasteiger partial charge in [-0.25, -0.2) is 4.79 Å². The van der Waals surface area contributed by atoms with Gasteiger partial charge in [-0.05, 0) is 100 Å². The maximum absolute atomic E-state index is 15.2. The van der Waals surface area contributed by atoms with E-state index in [1.807, 2.05) is 59.8 Å². The lowest BCUT2D eigenvalue weighted by Gasteiger charge is -2.62. The fourth-order valence-electron chi connectivity index (χ4n) is 9.14. The molecule has 3 heterocycles. The Morgan fingerprint density at radius 1 is 1.02 bits per heavy atom. The molecule has 1 aromatic carbocycles. The molecule has 3 aliphatic carbocycles. The number of aliphatic carboxylic acids is 1. The number of benzene rings is 1. The molecule has 0 radical (unpaired) electrons. The Balaban J connectivity index is 1.62. The minimum Gasteiger partial charge on any atom is -0.506 e. The minimum absolute atomic E-state index is 0.0576. The second-order valence-electron chi connectivity index (χ2n) is 15.7. The zero-order valence-electron chi connectivity index (χ0n) is 30.2. The highest BCUT2D eigenvalue weighted by Crippen LogP contribution is 2.70. The summed E-state index contributed by atoms with van der Waals surface area (Å²) in [6, 6.07) is 0. The van der Waals surface area contributed by atoms with Crippen LogP contribution < -0.4 is 9.47 Å². The molecule has 3 saturated carbocycles. The van der Waals surface area contributed by atoms with Crippen molar-refractivity contribution in [2.45, 2.75) is 123 Å². The van der Waals surface area contributed by atoms with E-state index in [0.29, 0.717) is 36.1 Å². The molecule has 9 nitrogen and oxygen atoms in total. The van der Waals surface area contributed by atoms with Crippen LogP contribution in [-0.2, 0) is 25.5 Å². The summed E-state index contributed by atoms with van der Waals surface area (Å²) in [5, 5.41) is 21.7. The largest absolute Gasteiger partial charge is 0.506 e. The first-order valence-corrected chi connectivity index (χ1v) is 17.5. The van der Waals surface area contributed by atoms with Crippen molar-refractivity contribution in [2.75, 3.05) is 6.61 Å². The molecule has 264 valence electrons. The van der Waals surface area contributed by atoms with Gasteiger partial charge in [0.05, 0.1) is 23.2 Å². The number of aromatic hydroxyl groups is 1.